The molecule has 134 valence electrons. The molecule has 1 saturated heterocycles. The highest BCUT2D eigenvalue weighted by atomic mass is 16.7. The summed E-state index contributed by atoms with van der Waals surface area (Å²) >= 11 is 0. The topological polar surface area (TPSA) is 65.1 Å². The van der Waals surface area contributed by atoms with E-state index >= 15 is 0 Å². The molecule has 2 aromatic rings. The van der Waals surface area contributed by atoms with Crippen molar-refractivity contribution in [3.05, 3.63) is 42.0 Å². The van der Waals surface area contributed by atoms with Crippen LogP contribution in [-0.4, -0.2) is 30.6 Å². The predicted octanol–water partition coefficient (Wildman–Crippen LogP) is 3.13. The van der Waals surface area contributed by atoms with Gasteiger partial charge in [-0.15, -0.1) is 0 Å². The van der Waals surface area contributed by atoms with Crippen molar-refractivity contribution in [2.45, 2.75) is 25.8 Å². The molecule has 2 aliphatic rings. The van der Waals surface area contributed by atoms with Gasteiger partial charge in [0.05, 0.1) is 13.7 Å². The fourth-order valence-electron chi connectivity index (χ4n) is 3.30. The largest absolute Gasteiger partial charge is 0.496 e. The second-order valence-corrected chi connectivity index (χ2v) is 6.33. The lowest BCUT2D eigenvalue weighted by molar-refractivity contribution is -0.148. The van der Waals surface area contributed by atoms with Gasteiger partial charge in [0.15, 0.2) is 11.5 Å². The minimum atomic E-state index is -0.110. The molecule has 0 atom stereocenters. The zero-order valence-electron chi connectivity index (χ0n) is 14.5. The van der Waals surface area contributed by atoms with Crippen molar-refractivity contribution < 1.29 is 23.8 Å². The average Bonchev–Trinajstić information content (AvgIpc) is 3.12. The lowest BCUT2D eigenvalue weighted by Crippen LogP contribution is -2.39. The number of fused-ring (bicyclic) bond motifs is 1. The lowest BCUT2D eigenvalue weighted by Gasteiger charge is -2.25. The Labute approximate surface area is 151 Å². The fourth-order valence-corrected chi connectivity index (χ4v) is 3.30. The van der Waals surface area contributed by atoms with Crippen molar-refractivity contribution in [3.8, 4) is 28.4 Å². The Bertz CT molecular complexity index is 861. The number of carbonyl (C=O) groups is 2. The molecule has 2 aliphatic heterocycles. The maximum atomic E-state index is 12.1. The number of hydrogen-bond donors (Lipinski definition) is 0. The van der Waals surface area contributed by atoms with E-state index in [1.54, 1.807) is 7.11 Å². The molecular weight excluding hydrogens is 334 g/mol. The van der Waals surface area contributed by atoms with Crippen molar-refractivity contribution in [1.82, 2.24) is 4.90 Å². The van der Waals surface area contributed by atoms with Gasteiger partial charge < -0.3 is 14.2 Å². The van der Waals surface area contributed by atoms with E-state index < -0.39 is 0 Å². The second-order valence-electron chi connectivity index (χ2n) is 6.33. The van der Waals surface area contributed by atoms with Crippen LogP contribution in [0.3, 0.4) is 0 Å². The third-order valence-electron chi connectivity index (χ3n) is 4.67. The molecule has 4 rings (SSSR count). The van der Waals surface area contributed by atoms with E-state index in [2.05, 4.69) is 0 Å². The Hall–Kier alpha value is -3.02. The van der Waals surface area contributed by atoms with E-state index in [0.717, 1.165) is 16.7 Å². The van der Waals surface area contributed by atoms with Crippen LogP contribution in [0, 0.1) is 0 Å². The molecule has 2 aromatic carbocycles. The normalized spacial score (nSPS) is 16.1. The number of ether oxygens (including phenoxy) is 3. The maximum Gasteiger partial charge on any atom is 0.231 e. The molecular formula is C20H19NO5. The molecule has 0 aromatic heterocycles. The van der Waals surface area contributed by atoms with Crippen molar-refractivity contribution in [2.75, 3.05) is 13.9 Å². The summed E-state index contributed by atoms with van der Waals surface area (Å²) in [6, 6.07) is 11.4. The summed E-state index contributed by atoms with van der Waals surface area (Å²) in [5, 5.41) is 0. The van der Waals surface area contributed by atoms with Crippen LogP contribution in [0.2, 0.25) is 0 Å². The quantitative estimate of drug-likeness (QED) is 0.790. The number of imide groups is 1. The minimum absolute atomic E-state index is 0.110. The van der Waals surface area contributed by atoms with Crippen molar-refractivity contribution in [1.29, 1.82) is 0 Å². The highest BCUT2D eigenvalue weighted by Gasteiger charge is 2.26. The minimum Gasteiger partial charge on any atom is -0.496 e. The molecule has 0 aliphatic carbocycles. The third kappa shape index (κ3) is 2.98. The number of carbonyl (C=O) groups excluding carboxylic acids is 2. The summed E-state index contributed by atoms with van der Waals surface area (Å²) in [5.41, 5.74) is 2.67. The van der Waals surface area contributed by atoms with Gasteiger partial charge in [-0.05, 0) is 41.8 Å². The van der Waals surface area contributed by atoms with Gasteiger partial charge in [0.2, 0.25) is 18.6 Å². The first-order valence-electron chi connectivity index (χ1n) is 8.56. The smallest absolute Gasteiger partial charge is 0.231 e. The molecule has 0 N–H and O–H groups in total. The van der Waals surface area contributed by atoms with Gasteiger partial charge in [-0.2, -0.15) is 0 Å². The second kappa shape index (κ2) is 6.71. The number of benzene rings is 2. The molecule has 0 saturated carbocycles. The Kier molecular flexibility index (Phi) is 4.24. The Morgan fingerprint density at radius 3 is 2.54 bits per heavy atom. The lowest BCUT2D eigenvalue weighted by atomic mass is 10.0. The van der Waals surface area contributed by atoms with Crippen molar-refractivity contribution in [2.24, 2.45) is 0 Å². The number of amides is 2. The summed E-state index contributed by atoms with van der Waals surface area (Å²) in [5.74, 6) is 1.90. The van der Waals surface area contributed by atoms with Crippen LogP contribution < -0.4 is 14.2 Å². The highest BCUT2D eigenvalue weighted by Crippen LogP contribution is 2.39. The van der Waals surface area contributed by atoms with Gasteiger partial charge in [0, 0.05) is 18.4 Å². The first-order chi connectivity index (χ1) is 12.7. The summed E-state index contributed by atoms with van der Waals surface area (Å²) < 4.78 is 16.3. The van der Waals surface area contributed by atoms with E-state index in [1.807, 2.05) is 36.4 Å². The van der Waals surface area contributed by atoms with Crippen LogP contribution >= 0.6 is 0 Å². The van der Waals surface area contributed by atoms with Crippen LogP contribution in [0.4, 0.5) is 0 Å². The van der Waals surface area contributed by atoms with Crippen LogP contribution in [0.1, 0.15) is 24.8 Å². The van der Waals surface area contributed by atoms with Gasteiger partial charge in [0.1, 0.15) is 5.75 Å². The molecule has 0 spiro atoms. The van der Waals surface area contributed by atoms with E-state index in [1.165, 1.54) is 4.90 Å². The number of likely N-dealkylation sites (tertiary alicyclic amines) is 1. The summed E-state index contributed by atoms with van der Waals surface area (Å²) in [6.45, 7) is 0.494. The molecule has 0 radical (unpaired) electrons. The summed E-state index contributed by atoms with van der Waals surface area (Å²) in [7, 11) is 1.61. The molecule has 2 amide bonds. The number of rotatable bonds is 4. The Morgan fingerprint density at radius 2 is 1.77 bits per heavy atom. The Balaban J connectivity index is 1.67. The van der Waals surface area contributed by atoms with E-state index in [9.17, 15) is 9.59 Å². The van der Waals surface area contributed by atoms with Gasteiger partial charge >= 0.3 is 0 Å². The van der Waals surface area contributed by atoms with Crippen molar-refractivity contribution >= 4 is 11.8 Å². The molecule has 26 heavy (non-hydrogen) atoms. The zero-order valence-corrected chi connectivity index (χ0v) is 14.5. The maximum absolute atomic E-state index is 12.1. The summed E-state index contributed by atoms with van der Waals surface area (Å²) in [4.78, 5) is 25.5. The highest BCUT2D eigenvalue weighted by molar-refractivity contribution is 5.97. The van der Waals surface area contributed by atoms with Crippen molar-refractivity contribution in [3.63, 3.8) is 0 Å². The standard InChI is InChI=1S/C20H19NO5/c1-24-16-7-5-13(11-21-19(22)3-2-4-20(21)23)9-15(16)14-6-8-17-18(10-14)26-12-25-17/h5-10H,2-4,11-12H2,1H3. The van der Waals surface area contributed by atoms with E-state index in [4.69, 9.17) is 14.2 Å². The average molecular weight is 353 g/mol. The predicted molar refractivity (Wildman–Crippen MR) is 94.0 cm³/mol. The molecule has 6 heteroatoms. The molecule has 0 bridgehead atoms. The third-order valence-corrected chi connectivity index (χ3v) is 4.67. The molecule has 2 heterocycles. The monoisotopic (exact) mass is 353 g/mol. The van der Waals surface area contributed by atoms with Gasteiger partial charge in [0.25, 0.3) is 0 Å². The van der Waals surface area contributed by atoms with Crippen LogP contribution in [0.15, 0.2) is 36.4 Å². The number of methoxy groups -OCH3 is 1. The summed E-state index contributed by atoms with van der Waals surface area (Å²) in [6.07, 6.45) is 1.49. The first-order valence-corrected chi connectivity index (χ1v) is 8.56. The Morgan fingerprint density at radius 1 is 1.00 bits per heavy atom. The number of nitrogens with zero attached hydrogens (tertiary/aromatic N) is 1. The number of piperidine rings is 1. The van der Waals surface area contributed by atoms with E-state index in [0.29, 0.717) is 36.5 Å². The fraction of sp³-hybridized carbons (Fsp3) is 0.300. The van der Waals surface area contributed by atoms with Crippen LogP contribution in [0.25, 0.3) is 11.1 Å². The van der Waals surface area contributed by atoms with E-state index in [-0.39, 0.29) is 25.2 Å². The molecule has 0 unspecified atom stereocenters. The first kappa shape index (κ1) is 16.4. The SMILES string of the molecule is COc1ccc(CN2C(=O)CCCC2=O)cc1-c1ccc2c(c1)OCO2. The van der Waals surface area contributed by atoms with Gasteiger partial charge in [-0.25, -0.2) is 0 Å². The molecule has 6 nitrogen and oxygen atoms in total. The van der Waals surface area contributed by atoms with Gasteiger partial charge in [-0.3, -0.25) is 14.5 Å². The zero-order chi connectivity index (χ0) is 18.1. The number of hydrogen-bond acceptors (Lipinski definition) is 5. The van der Waals surface area contributed by atoms with Crippen LogP contribution in [-0.2, 0) is 16.1 Å². The van der Waals surface area contributed by atoms with Gasteiger partial charge in [-0.1, -0.05) is 12.1 Å². The molecule has 1 fully saturated rings. The van der Waals surface area contributed by atoms with Crippen LogP contribution in [0.5, 0.6) is 17.2 Å².